The molecule has 29 heavy (non-hydrogen) atoms. The van der Waals surface area contributed by atoms with Crippen LogP contribution in [0.25, 0.3) is 6.08 Å². The van der Waals surface area contributed by atoms with Crippen LogP contribution in [-0.2, 0) is 4.79 Å². The topological polar surface area (TPSA) is 46.2 Å². The Hall–Kier alpha value is -2.68. The van der Waals surface area contributed by atoms with Gasteiger partial charge in [0.2, 0.25) is 5.91 Å². The lowest BCUT2D eigenvalue weighted by Crippen LogP contribution is -2.51. The average Bonchev–Trinajstić information content (AvgIpc) is 2.72. The van der Waals surface area contributed by atoms with Crippen molar-refractivity contribution in [1.29, 1.82) is 0 Å². The zero-order valence-corrected chi connectivity index (χ0v) is 16.6. The van der Waals surface area contributed by atoms with Crippen molar-refractivity contribution in [3.05, 3.63) is 71.8 Å². The number of anilines is 1. The average molecular weight is 386 g/mol. The SMILES string of the molecule is O=C(C=Cc1ccccc1)c1ccc(NC(=O)C23CC4CC(CC(C4)C2)C3)cc1. The van der Waals surface area contributed by atoms with Crippen molar-refractivity contribution in [3.63, 3.8) is 0 Å². The van der Waals surface area contributed by atoms with Crippen LogP contribution < -0.4 is 5.32 Å². The van der Waals surface area contributed by atoms with Gasteiger partial charge in [0.25, 0.3) is 0 Å². The van der Waals surface area contributed by atoms with Crippen molar-refractivity contribution in [2.45, 2.75) is 38.5 Å². The van der Waals surface area contributed by atoms with Gasteiger partial charge in [0.05, 0.1) is 5.41 Å². The molecule has 3 nitrogen and oxygen atoms in total. The Kier molecular flexibility index (Phi) is 4.61. The molecule has 4 aliphatic rings. The summed E-state index contributed by atoms with van der Waals surface area (Å²) in [5.74, 6) is 2.42. The van der Waals surface area contributed by atoms with Crippen LogP contribution in [0.4, 0.5) is 5.69 Å². The third-order valence-electron chi connectivity index (χ3n) is 7.17. The first-order valence-corrected chi connectivity index (χ1v) is 10.8. The van der Waals surface area contributed by atoms with E-state index in [9.17, 15) is 9.59 Å². The summed E-state index contributed by atoms with van der Waals surface area (Å²) in [7, 11) is 0. The molecule has 0 aliphatic heterocycles. The molecule has 0 heterocycles. The number of nitrogens with one attached hydrogen (secondary N) is 1. The number of ketones is 1. The van der Waals surface area contributed by atoms with Crippen molar-refractivity contribution < 1.29 is 9.59 Å². The van der Waals surface area contributed by atoms with Crippen molar-refractivity contribution in [2.24, 2.45) is 23.2 Å². The molecule has 148 valence electrons. The van der Waals surface area contributed by atoms with Gasteiger partial charge in [-0.1, -0.05) is 36.4 Å². The van der Waals surface area contributed by atoms with E-state index in [0.717, 1.165) is 48.3 Å². The Morgan fingerprint density at radius 1 is 0.828 bits per heavy atom. The van der Waals surface area contributed by atoms with Gasteiger partial charge in [-0.05, 0) is 92.2 Å². The van der Waals surface area contributed by atoms with Crippen LogP contribution in [0.15, 0.2) is 60.7 Å². The zero-order chi connectivity index (χ0) is 19.8. The molecule has 0 saturated heterocycles. The largest absolute Gasteiger partial charge is 0.326 e. The molecule has 0 atom stereocenters. The summed E-state index contributed by atoms with van der Waals surface area (Å²) < 4.78 is 0. The number of hydrogen-bond acceptors (Lipinski definition) is 2. The van der Waals surface area contributed by atoms with E-state index in [1.165, 1.54) is 19.3 Å². The first-order valence-electron chi connectivity index (χ1n) is 10.8. The standard InChI is InChI=1S/C26H27NO2/c28-24(11-6-18-4-2-1-3-5-18)22-7-9-23(10-8-22)27-25(29)26-15-19-12-20(16-26)14-21(13-19)17-26/h1-11,19-21H,12-17H2,(H,27,29). The Morgan fingerprint density at radius 2 is 1.41 bits per heavy atom. The maximum atomic E-state index is 13.2. The quantitative estimate of drug-likeness (QED) is 0.527. The minimum Gasteiger partial charge on any atom is -0.326 e. The number of rotatable bonds is 5. The highest BCUT2D eigenvalue weighted by atomic mass is 16.2. The smallest absolute Gasteiger partial charge is 0.230 e. The van der Waals surface area contributed by atoms with Gasteiger partial charge in [-0.15, -0.1) is 0 Å². The van der Waals surface area contributed by atoms with E-state index in [2.05, 4.69) is 5.32 Å². The fourth-order valence-corrected chi connectivity index (χ4v) is 6.20. The van der Waals surface area contributed by atoms with E-state index in [-0.39, 0.29) is 17.1 Å². The number of hydrogen-bond donors (Lipinski definition) is 1. The molecule has 0 spiro atoms. The normalized spacial score (nSPS) is 29.9. The molecule has 0 unspecified atom stereocenters. The van der Waals surface area contributed by atoms with Gasteiger partial charge >= 0.3 is 0 Å². The van der Waals surface area contributed by atoms with Crippen LogP contribution in [0.1, 0.15) is 54.4 Å². The monoisotopic (exact) mass is 385 g/mol. The van der Waals surface area contributed by atoms with Crippen LogP contribution in [0.3, 0.4) is 0 Å². The lowest BCUT2D eigenvalue weighted by molar-refractivity contribution is -0.140. The summed E-state index contributed by atoms with van der Waals surface area (Å²) in [4.78, 5) is 25.6. The van der Waals surface area contributed by atoms with Crippen LogP contribution >= 0.6 is 0 Å². The van der Waals surface area contributed by atoms with Gasteiger partial charge in [0, 0.05) is 11.3 Å². The Bertz CT molecular complexity index is 907. The zero-order valence-electron chi connectivity index (χ0n) is 16.6. The number of benzene rings is 2. The summed E-state index contributed by atoms with van der Waals surface area (Å²) in [6.07, 6.45) is 10.6. The van der Waals surface area contributed by atoms with Crippen LogP contribution in [0.5, 0.6) is 0 Å². The first kappa shape index (κ1) is 18.4. The second-order valence-electron chi connectivity index (χ2n) is 9.34. The highest BCUT2D eigenvalue weighted by Gasteiger charge is 2.54. The molecule has 4 saturated carbocycles. The van der Waals surface area contributed by atoms with Crippen molar-refractivity contribution in [1.82, 2.24) is 0 Å². The molecule has 1 amide bonds. The van der Waals surface area contributed by atoms with Gasteiger partial charge in [-0.2, -0.15) is 0 Å². The summed E-state index contributed by atoms with van der Waals surface area (Å²) >= 11 is 0. The number of carbonyl (C=O) groups excluding carboxylic acids is 2. The minimum atomic E-state index is -0.151. The van der Waals surface area contributed by atoms with E-state index in [1.807, 2.05) is 48.5 Å². The summed E-state index contributed by atoms with van der Waals surface area (Å²) in [6.45, 7) is 0. The predicted molar refractivity (Wildman–Crippen MR) is 115 cm³/mol. The maximum Gasteiger partial charge on any atom is 0.230 e. The molecule has 0 aromatic heterocycles. The van der Waals surface area contributed by atoms with Crippen LogP contribution in [0.2, 0.25) is 0 Å². The highest BCUT2D eigenvalue weighted by molar-refractivity contribution is 6.07. The van der Waals surface area contributed by atoms with Crippen molar-refractivity contribution in [3.8, 4) is 0 Å². The number of allylic oxidation sites excluding steroid dienone is 1. The molecule has 1 N–H and O–H groups in total. The molecule has 0 radical (unpaired) electrons. The van der Waals surface area contributed by atoms with Crippen LogP contribution in [0, 0.1) is 23.2 Å². The molecular formula is C26H27NO2. The lowest BCUT2D eigenvalue weighted by atomic mass is 9.49. The van der Waals surface area contributed by atoms with Gasteiger partial charge in [0.1, 0.15) is 0 Å². The fraction of sp³-hybridized carbons (Fsp3) is 0.385. The molecule has 4 fully saturated rings. The third kappa shape index (κ3) is 3.66. The Labute approximate surface area is 172 Å². The molecule has 6 rings (SSSR count). The predicted octanol–water partition coefficient (Wildman–Crippen LogP) is 5.74. The first-order chi connectivity index (χ1) is 14.1. The molecule has 4 aliphatic carbocycles. The fourth-order valence-electron chi connectivity index (χ4n) is 6.20. The lowest BCUT2D eigenvalue weighted by Gasteiger charge is -2.55. The number of carbonyl (C=O) groups is 2. The Balaban J connectivity index is 1.24. The molecule has 4 bridgehead atoms. The van der Waals surface area contributed by atoms with E-state index >= 15 is 0 Å². The van der Waals surface area contributed by atoms with Gasteiger partial charge in [0.15, 0.2) is 5.78 Å². The second kappa shape index (κ2) is 7.29. The molecular weight excluding hydrogens is 358 g/mol. The van der Waals surface area contributed by atoms with Crippen molar-refractivity contribution >= 4 is 23.5 Å². The molecule has 2 aromatic rings. The highest BCUT2D eigenvalue weighted by Crippen LogP contribution is 2.60. The molecule has 2 aromatic carbocycles. The van der Waals surface area contributed by atoms with E-state index in [1.54, 1.807) is 18.2 Å². The van der Waals surface area contributed by atoms with Gasteiger partial charge < -0.3 is 5.32 Å². The third-order valence-corrected chi connectivity index (χ3v) is 7.17. The van der Waals surface area contributed by atoms with E-state index in [4.69, 9.17) is 0 Å². The minimum absolute atomic E-state index is 0.0344. The number of amides is 1. The van der Waals surface area contributed by atoms with E-state index in [0.29, 0.717) is 5.56 Å². The van der Waals surface area contributed by atoms with E-state index < -0.39 is 0 Å². The molecule has 3 heteroatoms. The Morgan fingerprint density at radius 3 is 2.00 bits per heavy atom. The van der Waals surface area contributed by atoms with Crippen LogP contribution in [-0.4, -0.2) is 11.7 Å². The van der Waals surface area contributed by atoms with Crippen molar-refractivity contribution in [2.75, 3.05) is 5.32 Å². The maximum absolute atomic E-state index is 13.2. The summed E-state index contributed by atoms with van der Waals surface area (Å²) in [5.41, 5.74) is 2.27. The summed E-state index contributed by atoms with van der Waals surface area (Å²) in [6, 6.07) is 17.1. The van der Waals surface area contributed by atoms with Gasteiger partial charge in [-0.25, -0.2) is 0 Å². The van der Waals surface area contributed by atoms with Gasteiger partial charge in [-0.3, -0.25) is 9.59 Å². The second-order valence-corrected chi connectivity index (χ2v) is 9.34. The summed E-state index contributed by atoms with van der Waals surface area (Å²) in [5, 5.41) is 3.15.